The van der Waals surface area contributed by atoms with Gasteiger partial charge < -0.3 is 15.6 Å². The van der Waals surface area contributed by atoms with Crippen molar-refractivity contribution in [1.29, 1.82) is 0 Å². The number of carboxylic acids is 1. The van der Waals surface area contributed by atoms with Gasteiger partial charge in [-0.05, 0) is 44.7 Å². The first-order valence-electron chi connectivity index (χ1n) is 11.4. The monoisotopic (exact) mass is 474 g/mol. The molecule has 4 aromatic rings. The molecule has 0 spiro atoms. The Morgan fingerprint density at radius 2 is 1.86 bits per heavy atom. The third kappa shape index (κ3) is 3.75. The molecule has 1 aliphatic carbocycles. The second-order valence-electron chi connectivity index (χ2n) is 8.89. The van der Waals surface area contributed by atoms with Gasteiger partial charge in [-0.3, -0.25) is 4.79 Å². The minimum Gasteiger partial charge on any atom is -0.479 e. The lowest BCUT2D eigenvalue weighted by Crippen LogP contribution is -2.43. The number of aliphatic carboxylic acids is 1. The summed E-state index contributed by atoms with van der Waals surface area (Å²) in [7, 11) is 1.42. The number of anilines is 1. The third-order valence-corrected chi connectivity index (χ3v) is 6.94. The number of Topliss-reactive ketones (excluding diaryl/α,β-unsaturated/α-hetero) is 1. The van der Waals surface area contributed by atoms with Gasteiger partial charge in [0.25, 0.3) is 0 Å². The Kier molecular flexibility index (Phi) is 5.60. The maximum absolute atomic E-state index is 12.6. The number of para-hydroxylation sites is 1. The van der Waals surface area contributed by atoms with Gasteiger partial charge in [-0.1, -0.05) is 18.2 Å². The summed E-state index contributed by atoms with van der Waals surface area (Å²) in [6.07, 6.45) is 6.97. The Morgan fingerprint density at radius 1 is 1.14 bits per heavy atom. The quantitative estimate of drug-likeness (QED) is 0.405. The number of rotatable bonds is 6. The van der Waals surface area contributed by atoms with Crippen molar-refractivity contribution >= 4 is 23.2 Å². The van der Waals surface area contributed by atoms with Gasteiger partial charge in [-0.25, -0.2) is 14.5 Å². The Hall–Kier alpha value is -4.05. The van der Waals surface area contributed by atoms with Gasteiger partial charge >= 0.3 is 5.97 Å². The minimum atomic E-state index is -1.21. The fraction of sp³-hybridized carbons (Fsp3) is 0.320. The Labute approximate surface area is 201 Å². The number of nitrogens with two attached hydrogens (primary N) is 1. The third-order valence-electron chi connectivity index (χ3n) is 6.94. The highest BCUT2D eigenvalue weighted by atomic mass is 16.5. The Balaban J connectivity index is 1.58. The highest BCUT2D eigenvalue weighted by Crippen LogP contribution is 2.42. The number of methoxy groups -OCH3 is 1. The first-order chi connectivity index (χ1) is 16.8. The maximum Gasteiger partial charge on any atom is 0.335 e. The summed E-state index contributed by atoms with van der Waals surface area (Å²) in [5, 5.41) is 18.5. The number of ether oxygens (including phenoxy) is 1. The highest BCUT2D eigenvalue weighted by molar-refractivity contribution is 6.00. The summed E-state index contributed by atoms with van der Waals surface area (Å²) >= 11 is 0. The molecule has 3 N–H and O–H groups in total. The number of nitrogens with zero attached hydrogens (tertiary/aromatic N) is 5. The number of ketones is 1. The lowest BCUT2D eigenvalue weighted by molar-refractivity contribution is -0.166. The average molecular weight is 475 g/mol. The molecule has 35 heavy (non-hydrogen) atoms. The predicted octanol–water partition coefficient (Wildman–Crippen LogP) is 3.49. The van der Waals surface area contributed by atoms with Gasteiger partial charge in [0.15, 0.2) is 17.0 Å². The molecule has 1 fully saturated rings. The van der Waals surface area contributed by atoms with Crippen LogP contribution in [-0.4, -0.2) is 53.9 Å². The van der Waals surface area contributed by atoms with Crippen LogP contribution in [0.4, 0.5) is 5.82 Å². The average Bonchev–Trinajstić information content (AvgIpc) is 3.51. The molecule has 3 heterocycles. The summed E-state index contributed by atoms with van der Waals surface area (Å²) in [6, 6.07) is 9.74. The Morgan fingerprint density at radius 3 is 2.49 bits per heavy atom. The molecular formula is C25H26N6O4. The van der Waals surface area contributed by atoms with Crippen LogP contribution in [0.25, 0.3) is 22.5 Å². The number of carboxylic acid groups (broad SMARTS) is 1. The maximum atomic E-state index is 12.6. The number of carbonyl (C=O) groups excluding carboxylic acids is 1. The minimum absolute atomic E-state index is 0.126. The van der Waals surface area contributed by atoms with Crippen LogP contribution in [0.1, 0.15) is 54.6 Å². The molecule has 1 aliphatic rings. The molecule has 0 unspecified atom stereocenters. The number of benzene rings is 1. The molecule has 10 heteroatoms. The van der Waals surface area contributed by atoms with Crippen LogP contribution in [0, 0.1) is 0 Å². The standard InChI is InChI=1S/C25H26N6O4/c1-15(32)20-21(16-8-10-25(35-2,11-9-16)24(33)34)29-23-19(13-28-31(23)22(20)26)17-12-27-30(14-17)18-6-4-3-5-7-18/h3-7,12-14,16H,8-11,26H2,1-2H3,(H,33,34)/t16-,25+. The van der Waals surface area contributed by atoms with Crippen LogP contribution >= 0.6 is 0 Å². The van der Waals surface area contributed by atoms with E-state index in [1.807, 2.05) is 36.5 Å². The van der Waals surface area contributed by atoms with Gasteiger partial charge in [-0.2, -0.15) is 14.7 Å². The van der Waals surface area contributed by atoms with Crippen molar-refractivity contribution in [1.82, 2.24) is 24.4 Å². The zero-order chi connectivity index (χ0) is 24.7. The van der Waals surface area contributed by atoms with E-state index < -0.39 is 11.6 Å². The normalized spacial score (nSPS) is 20.2. The number of fused-ring (bicyclic) bond motifs is 1. The van der Waals surface area contributed by atoms with Crippen molar-refractivity contribution in [2.24, 2.45) is 0 Å². The number of nitrogen functional groups attached to an aromatic ring is 1. The SMILES string of the molecule is CO[C@]1(C(=O)O)CC[C@H](c2nc3c(-c4cnn(-c5ccccc5)c4)cnn3c(N)c2C(C)=O)CC1. The zero-order valence-corrected chi connectivity index (χ0v) is 19.5. The molecule has 0 radical (unpaired) electrons. The molecule has 0 aliphatic heterocycles. The summed E-state index contributed by atoms with van der Waals surface area (Å²) in [6.45, 7) is 1.45. The van der Waals surface area contributed by atoms with E-state index in [2.05, 4.69) is 10.2 Å². The van der Waals surface area contributed by atoms with E-state index in [-0.39, 0.29) is 17.5 Å². The molecule has 0 atom stereocenters. The molecule has 180 valence electrons. The molecule has 1 aromatic carbocycles. The number of aromatic nitrogens is 5. The van der Waals surface area contributed by atoms with Crippen molar-refractivity contribution in [3.05, 3.63) is 60.2 Å². The predicted molar refractivity (Wildman–Crippen MR) is 129 cm³/mol. The molecule has 10 nitrogen and oxygen atoms in total. The molecular weight excluding hydrogens is 448 g/mol. The Bertz CT molecular complexity index is 1420. The molecule has 0 amide bonds. The number of hydrogen-bond acceptors (Lipinski definition) is 7. The van der Waals surface area contributed by atoms with Crippen LogP contribution in [0.5, 0.6) is 0 Å². The topological polar surface area (TPSA) is 138 Å². The second-order valence-corrected chi connectivity index (χ2v) is 8.89. The summed E-state index contributed by atoms with van der Waals surface area (Å²) in [5.41, 5.74) is 9.14. The summed E-state index contributed by atoms with van der Waals surface area (Å²) in [4.78, 5) is 29.3. The van der Waals surface area contributed by atoms with Crippen LogP contribution in [-0.2, 0) is 9.53 Å². The van der Waals surface area contributed by atoms with Crippen molar-refractivity contribution in [3.8, 4) is 16.8 Å². The van der Waals surface area contributed by atoms with E-state index in [4.69, 9.17) is 15.5 Å². The fourth-order valence-electron chi connectivity index (χ4n) is 4.94. The van der Waals surface area contributed by atoms with Gasteiger partial charge in [0, 0.05) is 30.4 Å². The first kappa shape index (κ1) is 22.7. The van der Waals surface area contributed by atoms with Crippen molar-refractivity contribution in [2.75, 3.05) is 12.8 Å². The van der Waals surface area contributed by atoms with Crippen molar-refractivity contribution in [3.63, 3.8) is 0 Å². The summed E-state index contributed by atoms with van der Waals surface area (Å²) in [5.74, 6) is -1.08. The highest BCUT2D eigenvalue weighted by Gasteiger charge is 2.43. The largest absolute Gasteiger partial charge is 0.479 e. The van der Waals surface area contributed by atoms with Gasteiger partial charge in [0.1, 0.15) is 5.82 Å². The lowest BCUT2D eigenvalue weighted by atomic mass is 9.76. The van der Waals surface area contributed by atoms with E-state index in [1.165, 1.54) is 18.5 Å². The molecule has 1 saturated carbocycles. The molecule has 0 bridgehead atoms. The van der Waals surface area contributed by atoms with Crippen LogP contribution < -0.4 is 5.73 Å². The van der Waals surface area contributed by atoms with Crippen LogP contribution in [0.15, 0.2) is 48.9 Å². The van der Waals surface area contributed by atoms with Crippen molar-refractivity contribution < 1.29 is 19.4 Å². The summed E-state index contributed by atoms with van der Waals surface area (Å²) < 4.78 is 8.61. The molecule has 3 aromatic heterocycles. The zero-order valence-electron chi connectivity index (χ0n) is 19.5. The van der Waals surface area contributed by atoms with E-state index in [0.717, 1.165) is 16.8 Å². The van der Waals surface area contributed by atoms with Gasteiger partial charge in [0.2, 0.25) is 0 Å². The smallest absolute Gasteiger partial charge is 0.335 e. The molecule has 5 rings (SSSR count). The lowest BCUT2D eigenvalue weighted by Gasteiger charge is -2.35. The fourth-order valence-corrected chi connectivity index (χ4v) is 4.94. The van der Waals surface area contributed by atoms with E-state index >= 15 is 0 Å². The first-order valence-corrected chi connectivity index (χ1v) is 11.4. The van der Waals surface area contributed by atoms with Gasteiger partial charge in [-0.15, -0.1) is 0 Å². The van der Waals surface area contributed by atoms with Crippen LogP contribution in [0.2, 0.25) is 0 Å². The van der Waals surface area contributed by atoms with E-state index in [1.54, 1.807) is 17.1 Å². The van der Waals surface area contributed by atoms with Crippen molar-refractivity contribution in [2.45, 2.75) is 44.1 Å². The number of carbonyl (C=O) groups is 2. The van der Waals surface area contributed by atoms with E-state index in [0.29, 0.717) is 42.6 Å². The number of hydrogen-bond donors (Lipinski definition) is 2. The van der Waals surface area contributed by atoms with Crippen LogP contribution in [0.3, 0.4) is 0 Å². The molecule has 0 saturated heterocycles. The second kappa shape index (κ2) is 8.62. The van der Waals surface area contributed by atoms with Gasteiger partial charge in [0.05, 0.1) is 29.3 Å². The van der Waals surface area contributed by atoms with E-state index in [9.17, 15) is 14.7 Å².